The molecule has 0 spiro atoms. The number of aromatic nitrogens is 4. The Kier molecular flexibility index (Phi) is 4.18. The average Bonchev–Trinajstić information content (AvgIpc) is 3.41. The minimum absolute atomic E-state index is 0.311. The molecule has 0 fully saturated rings. The van der Waals surface area contributed by atoms with Crippen LogP contribution in [0.15, 0.2) is 28.8 Å². The van der Waals surface area contributed by atoms with E-state index in [0.717, 1.165) is 25.9 Å². The van der Waals surface area contributed by atoms with Crippen LogP contribution in [0.3, 0.4) is 0 Å². The first-order valence-electron chi connectivity index (χ1n) is 8.79. The quantitative estimate of drug-likeness (QED) is 0.442. The highest BCUT2D eigenvalue weighted by molar-refractivity contribution is 7.16. The molecule has 148 valence electrons. The molecular formula is C19H17N5O3S2. The van der Waals surface area contributed by atoms with E-state index in [0.29, 0.717) is 40.3 Å². The van der Waals surface area contributed by atoms with E-state index in [1.165, 1.54) is 22.7 Å². The van der Waals surface area contributed by atoms with Crippen molar-refractivity contribution in [3.8, 4) is 23.0 Å². The number of furan rings is 1. The SMILES string of the molecule is COc1cc(OCc2nc(N)sc2C)c2cc(-c3cn4nc(C)sc4n3)oc2c1. The fourth-order valence-corrected chi connectivity index (χ4v) is 4.51. The van der Waals surface area contributed by atoms with Crippen molar-refractivity contribution in [2.45, 2.75) is 20.5 Å². The number of ether oxygens (including phenoxy) is 2. The maximum Gasteiger partial charge on any atom is 0.212 e. The number of benzene rings is 1. The first-order valence-corrected chi connectivity index (χ1v) is 10.4. The fourth-order valence-electron chi connectivity index (χ4n) is 3.09. The normalized spacial score (nSPS) is 11.6. The molecule has 29 heavy (non-hydrogen) atoms. The summed E-state index contributed by atoms with van der Waals surface area (Å²) in [6.45, 7) is 4.24. The van der Waals surface area contributed by atoms with Gasteiger partial charge in [-0.3, -0.25) is 0 Å². The van der Waals surface area contributed by atoms with Gasteiger partial charge < -0.3 is 19.6 Å². The summed E-state index contributed by atoms with van der Waals surface area (Å²) in [5.41, 5.74) is 7.98. The number of nitrogens with two attached hydrogens (primary N) is 1. The fraction of sp³-hybridized carbons (Fsp3) is 0.211. The van der Waals surface area contributed by atoms with Crippen LogP contribution in [0.4, 0.5) is 5.13 Å². The summed E-state index contributed by atoms with van der Waals surface area (Å²) in [4.78, 5) is 10.8. The number of fused-ring (bicyclic) bond motifs is 2. The number of hydrogen-bond donors (Lipinski definition) is 1. The van der Waals surface area contributed by atoms with Gasteiger partial charge in [-0.2, -0.15) is 5.10 Å². The van der Waals surface area contributed by atoms with Crippen LogP contribution < -0.4 is 15.2 Å². The Balaban J connectivity index is 1.54. The molecule has 0 aliphatic carbocycles. The number of nitrogen functional groups attached to an aromatic ring is 1. The number of imidazole rings is 1. The Bertz CT molecular complexity index is 1320. The number of nitrogens with zero attached hydrogens (tertiary/aromatic N) is 4. The molecule has 10 heteroatoms. The van der Waals surface area contributed by atoms with Crippen molar-refractivity contribution >= 4 is 43.7 Å². The maximum atomic E-state index is 6.06. The van der Waals surface area contributed by atoms with Crippen molar-refractivity contribution in [3.05, 3.63) is 40.0 Å². The Hall–Kier alpha value is -3.11. The van der Waals surface area contributed by atoms with Gasteiger partial charge in [-0.15, -0.1) is 11.3 Å². The van der Waals surface area contributed by atoms with Crippen LogP contribution in [0, 0.1) is 13.8 Å². The maximum absolute atomic E-state index is 6.06. The molecule has 0 bridgehead atoms. The molecule has 0 aliphatic rings. The van der Waals surface area contributed by atoms with E-state index < -0.39 is 0 Å². The number of hydrogen-bond acceptors (Lipinski definition) is 9. The van der Waals surface area contributed by atoms with Crippen LogP contribution in [-0.4, -0.2) is 26.7 Å². The molecule has 8 nitrogen and oxygen atoms in total. The summed E-state index contributed by atoms with van der Waals surface area (Å²) in [5, 5.41) is 6.73. The van der Waals surface area contributed by atoms with Crippen molar-refractivity contribution in [2.24, 2.45) is 0 Å². The summed E-state index contributed by atoms with van der Waals surface area (Å²) in [6, 6.07) is 5.59. The summed E-state index contributed by atoms with van der Waals surface area (Å²) in [6.07, 6.45) is 1.86. The zero-order chi connectivity index (χ0) is 20.1. The van der Waals surface area contributed by atoms with Crippen molar-refractivity contribution in [1.29, 1.82) is 0 Å². The number of methoxy groups -OCH3 is 1. The minimum Gasteiger partial charge on any atom is -0.496 e. The predicted octanol–water partition coefficient (Wildman–Crippen LogP) is 4.45. The van der Waals surface area contributed by atoms with Gasteiger partial charge >= 0.3 is 0 Å². The van der Waals surface area contributed by atoms with Crippen LogP contribution >= 0.6 is 22.7 Å². The number of anilines is 1. The van der Waals surface area contributed by atoms with E-state index >= 15 is 0 Å². The van der Waals surface area contributed by atoms with Gasteiger partial charge in [-0.25, -0.2) is 14.5 Å². The monoisotopic (exact) mass is 427 g/mol. The third-order valence-electron chi connectivity index (χ3n) is 4.48. The van der Waals surface area contributed by atoms with Gasteiger partial charge in [-0.1, -0.05) is 11.3 Å². The van der Waals surface area contributed by atoms with Crippen molar-refractivity contribution in [2.75, 3.05) is 12.8 Å². The molecule has 0 aliphatic heterocycles. The average molecular weight is 428 g/mol. The molecule has 4 aromatic heterocycles. The predicted molar refractivity (Wildman–Crippen MR) is 113 cm³/mol. The number of rotatable bonds is 5. The number of aryl methyl sites for hydroxylation is 2. The molecule has 0 unspecified atom stereocenters. The van der Waals surface area contributed by atoms with Crippen LogP contribution in [0.5, 0.6) is 11.5 Å². The van der Waals surface area contributed by atoms with Gasteiger partial charge in [-0.05, 0) is 19.9 Å². The van der Waals surface area contributed by atoms with Gasteiger partial charge in [0, 0.05) is 17.0 Å². The van der Waals surface area contributed by atoms with Gasteiger partial charge in [0.1, 0.15) is 34.4 Å². The molecule has 0 amide bonds. The third kappa shape index (κ3) is 3.19. The Labute approximate surface area is 173 Å². The van der Waals surface area contributed by atoms with E-state index in [-0.39, 0.29) is 0 Å². The van der Waals surface area contributed by atoms with Crippen molar-refractivity contribution in [3.63, 3.8) is 0 Å². The van der Waals surface area contributed by atoms with Crippen LogP contribution in [0.1, 0.15) is 15.6 Å². The second kappa shape index (κ2) is 6.75. The topological polar surface area (TPSA) is 101 Å². The van der Waals surface area contributed by atoms with Gasteiger partial charge in [0.2, 0.25) is 4.96 Å². The minimum atomic E-state index is 0.311. The highest BCUT2D eigenvalue weighted by atomic mass is 32.1. The smallest absolute Gasteiger partial charge is 0.212 e. The molecule has 5 rings (SSSR count). The molecule has 0 radical (unpaired) electrons. The van der Waals surface area contributed by atoms with E-state index in [4.69, 9.17) is 19.6 Å². The van der Waals surface area contributed by atoms with E-state index in [2.05, 4.69) is 15.1 Å². The molecule has 2 N–H and O–H groups in total. The van der Waals surface area contributed by atoms with Crippen LogP contribution in [0.2, 0.25) is 0 Å². The first-order chi connectivity index (χ1) is 14.0. The highest BCUT2D eigenvalue weighted by Gasteiger charge is 2.17. The van der Waals surface area contributed by atoms with Gasteiger partial charge in [0.15, 0.2) is 10.9 Å². The third-order valence-corrected chi connectivity index (χ3v) is 6.16. The summed E-state index contributed by atoms with van der Waals surface area (Å²) < 4.78 is 19.3. The van der Waals surface area contributed by atoms with Crippen molar-refractivity contribution < 1.29 is 13.9 Å². The summed E-state index contributed by atoms with van der Waals surface area (Å²) >= 11 is 2.98. The lowest BCUT2D eigenvalue weighted by Crippen LogP contribution is -1.98. The second-order valence-corrected chi connectivity index (χ2v) is 8.86. The van der Waals surface area contributed by atoms with E-state index in [1.807, 2.05) is 38.2 Å². The van der Waals surface area contributed by atoms with Gasteiger partial charge in [0.05, 0.1) is 24.4 Å². The van der Waals surface area contributed by atoms with Crippen LogP contribution in [-0.2, 0) is 6.61 Å². The van der Waals surface area contributed by atoms with Crippen molar-refractivity contribution in [1.82, 2.24) is 19.6 Å². The Morgan fingerprint density at radius 2 is 2.03 bits per heavy atom. The lowest BCUT2D eigenvalue weighted by atomic mass is 10.2. The molecule has 0 saturated heterocycles. The van der Waals surface area contributed by atoms with Crippen LogP contribution in [0.25, 0.3) is 27.4 Å². The van der Waals surface area contributed by atoms with Gasteiger partial charge in [0.25, 0.3) is 0 Å². The zero-order valence-corrected chi connectivity index (χ0v) is 17.6. The summed E-state index contributed by atoms with van der Waals surface area (Å²) in [5.74, 6) is 1.93. The lowest BCUT2D eigenvalue weighted by molar-refractivity contribution is 0.303. The standard InChI is InChI=1S/C19H17N5O3S2/c1-9-14(21-18(20)28-9)8-26-15-4-11(25-3)5-16-12(15)6-17(27-16)13-7-24-19(22-13)29-10(2)23-24/h4-7H,8H2,1-3H3,(H2,20,21). The zero-order valence-electron chi connectivity index (χ0n) is 15.9. The Morgan fingerprint density at radius 1 is 1.17 bits per heavy atom. The lowest BCUT2D eigenvalue weighted by Gasteiger charge is -2.08. The highest BCUT2D eigenvalue weighted by Crippen LogP contribution is 2.37. The number of thiazole rings is 1. The molecule has 0 atom stereocenters. The first kappa shape index (κ1) is 18.0. The second-order valence-electron chi connectivity index (χ2n) is 6.47. The van der Waals surface area contributed by atoms with E-state index in [1.54, 1.807) is 11.6 Å². The summed E-state index contributed by atoms with van der Waals surface area (Å²) in [7, 11) is 1.61. The largest absolute Gasteiger partial charge is 0.496 e. The molecular weight excluding hydrogens is 410 g/mol. The Morgan fingerprint density at radius 3 is 2.76 bits per heavy atom. The molecule has 4 heterocycles. The van der Waals surface area contributed by atoms with E-state index in [9.17, 15) is 0 Å². The molecule has 1 aromatic carbocycles. The molecule has 0 saturated carbocycles. The molecule has 5 aromatic rings.